The molecule has 37 heavy (non-hydrogen) atoms. The van der Waals surface area contributed by atoms with Crippen LogP contribution in [-0.4, -0.2) is 53.0 Å². The number of hydrogen-bond acceptors (Lipinski definition) is 8. The van der Waals surface area contributed by atoms with E-state index in [2.05, 4.69) is 10.3 Å². The SMILES string of the molecule is CC(=O)OC[C@@]12COC[C@@H]([C@H](n3ccc(NC(=O)c4ccccc4)nc3=O)O1)[C@@H]2OCc1ccccc1. The number of esters is 1. The Bertz CT molecular complexity index is 1310. The van der Waals surface area contributed by atoms with E-state index in [0.29, 0.717) is 12.2 Å². The van der Waals surface area contributed by atoms with E-state index in [1.807, 2.05) is 36.4 Å². The number of ether oxygens (including phenoxy) is 4. The number of rotatable bonds is 8. The molecule has 10 heteroatoms. The monoisotopic (exact) mass is 505 g/mol. The van der Waals surface area contributed by atoms with E-state index in [9.17, 15) is 14.4 Å². The number of carbonyl (C=O) groups excluding carboxylic acids is 2. The lowest BCUT2D eigenvalue weighted by Gasteiger charge is -2.37. The molecule has 2 aromatic carbocycles. The summed E-state index contributed by atoms with van der Waals surface area (Å²) in [5, 5.41) is 2.64. The maximum atomic E-state index is 13.0. The molecule has 2 saturated heterocycles. The van der Waals surface area contributed by atoms with Gasteiger partial charge in [0.1, 0.15) is 24.8 Å². The Kier molecular flexibility index (Phi) is 7.13. The Morgan fingerprint density at radius 3 is 2.54 bits per heavy atom. The maximum absolute atomic E-state index is 13.0. The van der Waals surface area contributed by atoms with Crippen LogP contribution in [0.15, 0.2) is 77.7 Å². The summed E-state index contributed by atoms with van der Waals surface area (Å²) in [6.07, 6.45) is 0.252. The molecule has 5 rings (SSSR count). The van der Waals surface area contributed by atoms with Crippen molar-refractivity contribution in [3.8, 4) is 0 Å². The van der Waals surface area contributed by atoms with Gasteiger partial charge in [-0.1, -0.05) is 48.5 Å². The van der Waals surface area contributed by atoms with Crippen LogP contribution in [0.2, 0.25) is 0 Å². The molecular formula is C27H27N3O7. The average Bonchev–Trinajstić information content (AvgIpc) is 3.07. The van der Waals surface area contributed by atoms with E-state index in [1.54, 1.807) is 24.3 Å². The highest BCUT2D eigenvalue weighted by Gasteiger charge is 2.60. The van der Waals surface area contributed by atoms with Crippen LogP contribution >= 0.6 is 0 Å². The molecule has 2 fully saturated rings. The molecule has 2 aliphatic rings. The standard InChI is InChI=1S/C27H27N3O7/c1-18(31)36-17-27-16-34-15-21(23(27)35-14-19-8-4-2-5-9-19)25(37-27)30-13-12-22(29-26(30)33)28-24(32)20-10-6-3-7-11-20/h2-13,21,23,25H,14-17H2,1H3,(H,28,29,32,33)/t21-,23+,25-,27-/m1/s1. The summed E-state index contributed by atoms with van der Waals surface area (Å²) in [4.78, 5) is 41.2. The van der Waals surface area contributed by atoms with E-state index >= 15 is 0 Å². The second-order valence-corrected chi connectivity index (χ2v) is 9.07. The number of amides is 1. The highest BCUT2D eigenvalue weighted by atomic mass is 16.6. The van der Waals surface area contributed by atoms with Gasteiger partial charge in [-0.15, -0.1) is 0 Å². The van der Waals surface area contributed by atoms with Gasteiger partial charge in [-0.25, -0.2) is 4.79 Å². The minimum absolute atomic E-state index is 0.0812. The van der Waals surface area contributed by atoms with Crippen molar-refractivity contribution >= 4 is 17.7 Å². The zero-order valence-electron chi connectivity index (χ0n) is 20.2. The number of carbonyl (C=O) groups is 2. The van der Waals surface area contributed by atoms with Gasteiger partial charge in [0, 0.05) is 18.7 Å². The third kappa shape index (κ3) is 5.31. The van der Waals surface area contributed by atoms with E-state index in [4.69, 9.17) is 18.9 Å². The average molecular weight is 506 g/mol. The first-order chi connectivity index (χ1) is 17.9. The lowest BCUT2D eigenvalue weighted by Crippen LogP contribution is -2.54. The fourth-order valence-electron chi connectivity index (χ4n) is 4.72. The molecule has 1 amide bonds. The zero-order chi connectivity index (χ0) is 25.8. The van der Waals surface area contributed by atoms with Crippen LogP contribution in [-0.2, 0) is 30.3 Å². The molecule has 0 spiro atoms. The number of benzene rings is 2. The van der Waals surface area contributed by atoms with Gasteiger partial charge in [0.25, 0.3) is 5.91 Å². The number of fused-ring (bicyclic) bond motifs is 2. The molecule has 0 unspecified atom stereocenters. The van der Waals surface area contributed by atoms with Crippen LogP contribution in [0.3, 0.4) is 0 Å². The molecule has 1 aromatic heterocycles. The van der Waals surface area contributed by atoms with E-state index in [0.717, 1.165) is 5.56 Å². The number of anilines is 1. The van der Waals surface area contributed by atoms with Crippen LogP contribution in [0, 0.1) is 5.92 Å². The molecule has 0 aliphatic carbocycles. The Hall–Kier alpha value is -3.86. The molecule has 3 aromatic rings. The summed E-state index contributed by atoms with van der Waals surface area (Å²) in [6.45, 7) is 1.98. The molecule has 2 bridgehead atoms. The van der Waals surface area contributed by atoms with Gasteiger partial charge in [0.2, 0.25) is 0 Å². The van der Waals surface area contributed by atoms with E-state index in [1.165, 1.54) is 23.8 Å². The third-order valence-electron chi connectivity index (χ3n) is 6.46. The van der Waals surface area contributed by atoms with Gasteiger partial charge in [-0.2, -0.15) is 4.98 Å². The summed E-state index contributed by atoms with van der Waals surface area (Å²) in [5.74, 6) is -1.07. The Morgan fingerprint density at radius 2 is 1.84 bits per heavy atom. The fraction of sp³-hybridized carbons (Fsp3) is 0.333. The summed E-state index contributed by atoms with van der Waals surface area (Å²) in [6, 6.07) is 19.9. The summed E-state index contributed by atoms with van der Waals surface area (Å²) < 4.78 is 25.2. The van der Waals surface area contributed by atoms with Crippen molar-refractivity contribution in [2.24, 2.45) is 5.92 Å². The van der Waals surface area contributed by atoms with Gasteiger partial charge >= 0.3 is 11.7 Å². The Balaban J connectivity index is 1.38. The second-order valence-electron chi connectivity index (χ2n) is 9.07. The van der Waals surface area contributed by atoms with Gasteiger partial charge in [0.15, 0.2) is 5.60 Å². The predicted molar refractivity (Wildman–Crippen MR) is 132 cm³/mol. The van der Waals surface area contributed by atoms with Gasteiger partial charge < -0.3 is 24.3 Å². The minimum Gasteiger partial charge on any atom is -0.463 e. The molecule has 192 valence electrons. The number of nitrogens with one attached hydrogen (secondary N) is 1. The molecule has 10 nitrogen and oxygen atoms in total. The summed E-state index contributed by atoms with van der Waals surface area (Å²) in [7, 11) is 0. The Labute approximate surface area is 213 Å². The molecule has 2 aliphatic heterocycles. The maximum Gasteiger partial charge on any atom is 0.351 e. The molecule has 4 atom stereocenters. The number of aromatic nitrogens is 2. The fourth-order valence-corrected chi connectivity index (χ4v) is 4.72. The largest absolute Gasteiger partial charge is 0.463 e. The van der Waals surface area contributed by atoms with E-state index < -0.39 is 29.6 Å². The van der Waals surface area contributed by atoms with Crippen LogP contribution in [0.25, 0.3) is 0 Å². The molecule has 1 N–H and O–H groups in total. The van der Waals surface area contributed by atoms with Crippen molar-refractivity contribution in [2.45, 2.75) is 31.5 Å². The lowest BCUT2D eigenvalue weighted by molar-refractivity contribution is -0.193. The molecule has 0 saturated carbocycles. The highest BCUT2D eigenvalue weighted by Crippen LogP contribution is 2.46. The van der Waals surface area contributed by atoms with E-state index in [-0.39, 0.29) is 37.5 Å². The first-order valence-electron chi connectivity index (χ1n) is 12.0. The predicted octanol–water partition coefficient (Wildman–Crippen LogP) is 2.56. The lowest BCUT2D eigenvalue weighted by atomic mass is 9.88. The third-order valence-corrected chi connectivity index (χ3v) is 6.46. The zero-order valence-corrected chi connectivity index (χ0v) is 20.2. The van der Waals surface area contributed by atoms with Crippen molar-refractivity contribution in [1.29, 1.82) is 0 Å². The molecular weight excluding hydrogens is 478 g/mol. The first-order valence-corrected chi connectivity index (χ1v) is 12.0. The smallest absolute Gasteiger partial charge is 0.351 e. The molecule has 0 radical (unpaired) electrons. The van der Waals surface area contributed by atoms with Crippen LogP contribution in [0.4, 0.5) is 5.82 Å². The Morgan fingerprint density at radius 1 is 1.11 bits per heavy atom. The van der Waals surface area contributed by atoms with Gasteiger partial charge in [0.05, 0.1) is 25.7 Å². The molecule has 3 heterocycles. The second kappa shape index (κ2) is 10.6. The van der Waals surface area contributed by atoms with Crippen LogP contribution in [0.1, 0.15) is 29.1 Å². The van der Waals surface area contributed by atoms with Crippen molar-refractivity contribution in [3.05, 3.63) is 94.5 Å². The normalized spacial score (nSPS) is 24.4. The highest BCUT2D eigenvalue weighted by molar-refractivity contribution is 6.03. The topological polar surface area (TPSA) is 118 Å². The summed E-state index contributed by atoms with van der Waals surface area (Å²) >= 11 is 0. The number of hydrogen-bond donors (Lipinski definition) is 1. The van der Waals surface area contributed by atoms with Crippen LogP contribution < -0.4 is 11.0 Å². The summed E-state index contributed by atoms with van der Waals surface area (Å²) in [5.41, 5.74) is -0.268. The van der Waals surface area contributed by atoms with Gasteiger partial charge in [-0.3, -0.25) is 14.2 Å². The van der Waals surface area contributed by atoms with Crippen molar-refractivity contribution in [2.75, 3.05) is 25.1 Å². The van der Waals surface area contributed by atoms with Crippen LogP contribution in [0.5, 0.6) is 0 Å². The minimum atomic E-state index is -1.09. The van der Waals surface area contributed by atoms with Crippen molar-refractivity contribution < 1.29 is 28.5 Å². The first kappa shape index (κ1) is 24.8. The quantitative estimate of drug-likeness (QED) is 0.464. The van der Waals surface area contributed by atoms with Crippen molar-refractivity contribution in [3.63, 3.8) is 0 Å². The van der Waals surface area contributed by atoms with Crippen molar-refractivity contribution in [1.82, 2.24) is 9.55 Å². The van der Waals surface area contributed by atoms with Gasteiger partial charge in [-0.05, 0) is 23.8 Å². The number of nitrogens with zero attached hydrogens (tertiary/aromatic N) is 2.